The Hall–Kier alpha value is -2.22. The number of Topliss-reactive ketones (excluding diaryl/α,β-unsaturated/α-hetero) is 2. The van der Waals surface area contributed by atoms with Crippen LogP contribution in [0.2, 0.25) is 0 Å². The minimum atomic E-state index is -0.157. The van der Waals surface area contributed by atoms with Gasteiger partial charge >= 0.3 is 0 Å². The lowest BCUT2D eigenvalue weighted by Crippen LogP contribution is -2.19. The summed E-state index contributed by atoms with van der Waals surface area (Å²) in [6.45, 7) is 3.79. The van der Waals surface area contributed by atoms with Crippen molar-refractivity contribution in [3.05, 3.63) is 71.8 Å². The number of benzene rings is 2. The van der Waals surface area contributed by atoms with E-state index in [0.29, 0.717) is 17.5 Å². The van der Waals surface area contributed by atoms with Gasteiger partial charge in [-0.15, -0.1) is 0 Å². The number of ketones is 2. The average molecular weight is 280 g/mol. The summed E-state index contributed by atoms with van der Waals surface area (Å²) in [5, 5.41) is 0. The molecule has 0 radical (unpaired) electrons. The fraction of sp³-hybridized carbons (Fsp3) is 0.263. The molecule has 0 heterocycles. The second-order valence-electron chi connectivity index (χ2n) is 5.50. The van der Waals surface area contributed by atoms with Crippen LogP contribution in [-0.2, 0) is 0 Å². The molecule has 0 aromatic heterocycles. The van der Waals surface area contributed by atoms with Crippen LogP contribution >= 0.6 is 0 Å². The molecule has 0 saturated carbocycles. The SMILES string of the molecule is C[C@H](C[C@@H](C)C(=O)c1ccccc1)C(=O)c1ccccc1. The van der Waals surface area contributed by atoms with Gasteiger partial charge in [-0.25, -0.2) is 0 Å². The highest BCUT2D eigenvalue weighted by Gasteiger charge is 2.22. The molecule has 0 spiro atoms. The lowest BCUT2D eigenvalue weighted by Gasteiger charge is -2.15. The van der Waals surface area contributed by atoms with E-state index in [1.807, 2.05) is 74.5 Å². The molecule has 0 aliphatic carbocycles. The van der Waals surface area contributed by atoms with Crippen molar-refractivity contribution >= 4 is 11.6 Å². The molecule has 0 aliphatic rings. The second kappa shape index (κ2) is 6.98. The molecule has 0 amide bonds. The van der Waals surface area contributed by atoms with Gasteiger partial charge in [0.15, 0.2) is 11.6 Å². The third kappa shape index (κ3) is 3.88. The quantitative estimate of drug-likeness (QED) is 0.734. The van der Waals surface area contributed by atoms with Crippen molar-refractivity contribution in [3.8, 4) is 0 Å². The normalized spacial score (nSPS) is 13.4. The van der Waals surface area contributed by atoms with Crippen LogP contribution in [0, 0.1) is 11.8 Å². The lowest BCUT2D eigenvalue weighted by atomic mass is 9.87. The van der Waals surface area contributed by atoms with E-state index in [-0.39, 0.29) is 23.4 Å². The largest absolute Gasteiger partial charge is 0.294 e. The minimum Gasteiger partial charge on any atom is -0.294 e. The topological polar surface area (TPSA) is 34.1 Å². The molecule has 2 heteroatoms. The Morgan fingerprint density at radius 2 is 1.05 bits per heavy atom. The van der Waals surface area contributed by atoms with E-state index in [4.69, 9.17) is 0 Å². The molecule has 0 bridgehead atoms. The van der Waals surface area contributed by atoms with Crippen LogP contribution in [0.25, 0.3) is 0 Å². The Morgan fingerprint density at radius 1 is 0.714 bits per heavy atom. The highest BCUT2D eigenvalue weighted by molar-refractivity contribution is 6.00. The van der Waals surface area contributed by atoms with E-state index in [1.165, 1.54) is 0 Å². The average Bonchev–Trinajstić information content (AvgIpc) is 2.55. The van der Waals surface area contributed by atoms with E-state index in [9.17, 15) is 9.59 Å². The molecule has 2 aromatic rings. The summed E-state index contributed by atoms with van der Waals surface area (Å²) in [5.74, 6) is -0.114. The number of carbonyl (C=O) groups is 2. The Balaban J connectivity index is 2.01. The zero-order chi connectivity index (χ0) is 15.2. The fourth-order valence-corrected chi connectivity index (χ4v) is 2.52. The first-order valence-electron chi connectivity index (χ1n) is 7.28. The summed E-state index contributed by atoms with van der Waals surface area (Å²) >= 11 is 0. The summed E-state index contributed by atoms with van der Waals surface area (Å²) in [4.78, 5) is 24.7. The predicted molar refractivity (Wildman–Crippen MR) is 84.5 cm³/mol. The van der Waals surface area contributed by atoms with Gasteiger partial charge in [-0.1, -0.05) is 74.5 Å². The van der Waals surface area contributed by atoms with Gasteiger partial charge in [-0.2, -0.15) is 0 Å². The van der Waals surface area contributed by atoms with E-state index in [2.05, 4.69) is 0 Å². The first kappa shape index (κ1) is 15.2. The number of rotatable bonds is 6. The Morgan fingerprint density at radius 3 is 1.38 bits per heavy atom. The van der Waals surface area contributed by atoms with Crippen molar-refractivity contribution in [2.75, 3.05) is 0 Å². The van der Waals surface area contributed by atoms with Gasteiger partial charge in [0.25, 0.3) is 0 Å². The van der Waals surface area contributed by atoms with Crippen LogP contribution in [0.15, 0.2) is 60.7 Å². The van der Waals surface area contributed by atoms with Crippen molar-refractivity contribution in [1.29, 1.82) is 0 Å². The summed E-state index contributed by atoms with van der Waals surface area (Å²) in [5.41, 5.74) is 1.42. The maximum absolute atomic E-state index is 12.3. The van der Waals surface area contributed by atoms with Crippen LogP contribution in [0.1, 0.15) is 41.0 Å². The van der Waals surface area contributed by atoms with Crippen LogP contribution < -0.4 is 0 Å². The van der Waals surface area contributed by atoms with Crippen molar-refractivity contribution in [3.63, 3.8) is 0 Å². The minimum absolute atomic E-state index is 0.100. The third-order valence-corrected chi connectivity index (χ3v) is 3.72. The summed E-state index contributed by atoms with van der Waals surface area (Å²) in [6.07, 6.45) is 0.571. The zero-order valence-corrected chi connectivity index (χ0v) is 12.5. The molecule has 0 N–H and O–H groups in total. The van der Waals surface area contributed by atoms with Gasteiger partial charge in [-0.3, -0.25) is 9.59 Å². The van der Waals surface area contributed by atoms with Crippen LogP contribution in [0.4, 0.5) is 0 Å². The van der Waals surface area contributed by atoms with Gasteiger partial charge in [0.1, 0.15) is 0 Å². The molecule has 0 saturated heterocycles. The van der Waals surface area contributed by atoms with Gasteiger partial charge < -0.3 is 0 Å². The Bertz CT molecular complexity index is 546. The van der Waals surface area contributed by atoms with Gasteiger partial charge in [-0.05, 0) is 6.42 Å². The van der Waals surface area contributed by atoms with Gasteiger partial charge in [0, 0.05) is 23.0 Å². The van der Waals surface area contributed by atoms with Crippen molar-refractivity contribution < 1.29 is 9.59 Å². The van der Waals surface area contributed by atoms with E-state index in [1.54, 1.807) is 0 Å². The molecule has 0 aliphatic heterocycles. The fourth-order valence-electron chi connectivity index (χ4n) is 2.52. The zero-order valence-electron chi connectivity index (χ0n) is 12.5. The predicted octanol–water partition coefficient (Wildman–Crippen LogP) is 4.41. The molecule has 2 atom stereocenters. The molecule has 2 nitrogen and oxygen atoms in total. The lowest BCUT2D eigenvalue weighted by molar-refractivity contribution is 0.0866. The smallest absolute Gasteiger partial charge is 0.165 e. The van der Waals surface area contributed by atoms with E-state index < -0.39 is 0 Å². The maximum Gasteiger partial charge on any atom is 0.165 e. The first-order chi connectivity index (χ1) is 10.1. The summed E-state index contributed by atoms with van der Waals surface area (Å²) < 4.78 is 0. The van der Waals surface area contributed by atoms with Gasteiger partial charge in [0.05, 0.1) is 0 Å². The number of carbonyl (C=O) groups excluding carboxylic acids is 2. The molecule has 21 heavy (non-hydrogen) atoms. The molecule has 0 fully saturated rings. The number of hydrogen-bond acceptors (Lipinski definition) is 2. The van der Waals surface area contributed by atoms with E-state index >= 15 is 0 Å². The second-order valence-corrected chi connectivity index (χ2v) is 5.50. The molecular formula is C19H20O2. The van der Waals surface area contributed by atoms with Crippen LogP contribution in [0.5, 0.6) is 0 Å². The first-order valence-corrected chi connectivity index (χ1v) is 7.28. The molecule has 0 unspecified atom stereocenters. The summed E-state index contributed by atoms with van der Waals surface area (Å²) in [7, 11) is 0. The Labute approximate surface area is 125 Å². The monoisotopic (exact) mass is 280 g/mol. The molecule has 108 valence electrons. The van der Waals surface area contributed by atoms with E-state index in [0.717, 1.165) is 0 Å². The maximum atomic E-state index is 12.3. The highest BCUT2D eigenvalue weighted by Crippen LogP contribution is 2.20. The van der Waals surface area contributed by atoms with Gasteiger partial charge in [0.2, 0.25) is 0 Å². The number of hydrogen-bond donors (Lipinski definition) is 0. The summed E-state index contributed by atoms with van der Waals surface area (Å²) in [6, 6.07) is 18.5. The van der Waals surface area contributed by atoms with Crippen molar-refractivity contribution in [2.45, 2.75) is 20.3 Å². The van der Waals surface area contributed by atoms with Crippen LogP contribution in [0.3, 0.4) is 0 Å². The van der Waals surface area contributed by atoms with Crippen LogP contribution in [-0.4, -0.2) is 11.6 Å². The van der Waals surface area contributed by atoms with Crippen molar-refractivity contribution in [2.24, 2.45) is 11.8 Å². The molecular weight excluding hydrogens is 260 g/mol. The highest BCUT2D eigenvalue weighted by atomic mass is 16.1. The molecule has 2 rings (SSSR count). The standard InChI is InChI=1S/C19H20O2/c1-14(18(20)16-9-5-3-6-10-16)13-15(2)19(21)17-11-7-4-8-12-17/h3-12,14-15H,13H2,1-2H3/t14-,15-/m1/s1. The van der Waals surface area contributed by atoms with Crippen molar-refractivity contribution in [1.82, 2.24) is 0 Å². The third-order valence-electron chi connectivity index (χ3n) is 3.72. The Kier molecular flexibility index (Phi) is 5.04. The molecule has 2 aromatic carbocycles.